The van der Waals surface area contributed by atoms with Gasteiger partial charge in [0.1, 0.15) is 0 Å². The zero-order chi connectivity index (χ0) is 16.6. The number of hydrogen-bond acceptors (Lipinski definition) is 6. The van der Waals surface area contributed by atoms with Crippen molar-refractivity contribution in [1.29, 1.82) is 0 Å². The van der Waals surface area contributed by atoms with Gasteiger partial charge in [0.2, 0.25) is 0 Å². The molecule has 0 atom stereocenters. The first-order chi connectivity index (χ1) is 10.9. The fourth-order valence-electron chi connectivity index (χ4n) is 2.33. The lowest BCUT2D eigenvalue weighted by Crippen LogP contribution is -2.35. The average Bonchev–Trinajstić information content (AvgIpc) is 2.81. The van der Waals surface area contributed by atoms with Gasteiger partial charge in [-0.1, -0.05) is 13.8 Å². The average molecular weight is 354 g/mol. The largest absolute Gasteiger partial charge is 0.462 e. The van der Waals surface area contributed by atoms with E-state index in [-0.39, 0.29) is 11.7 Å². The van der Waals surface area contributed by atoms with Crippen molar-refractivity contribution in [2.24, 2.45) is 10.3 Å². The fraction of sp³-hybridized carbons (Fsp3) is 0.467. The molecule has 1 aromatic carbocycles. The Hall–Kier alpha value is -1.54. The molecule has 0 amide bonds. The Kier molecular flexibility index (Phi) is 4.37. The van der Waals surface area contributed by atoms with E-state index in [2.05, 4.69) is 18.2 Å². The summed E-state index contributed by atoms with van der Waals surface area (Å²) in [5.41, 5.74) is 1.37. The lowest BCUT2D eigenvalue weighted by atomic mass is 10.1. The van der Waals surface area contributed by atoms with Crippen LogP contribution in [0.25, 0.3) is 0 Å². The highest BCUT2D eigenvalue weighted by atomic mass is 32.2. The Morgan fingerprint density at radius 2 is 2.22 bits per heavy atom. The molecule has 0 bridgehead atoms. The first kappa shape index (κ1) is 16.3. The van der Waals surface area contributed by atoms with E-state index in [1.54, 1.807) is 12.1 Å². The molecule has 2 aliphatic rings. The van der Waals surface area contributed by atoms with E-state index in [1.165, 1.54) is 11.8 Å². The molecule has 23 heavy (non-hydrogen) atoms. The molecular formula is C15H18N2O4S2. The Bertz CT molecular complexity index is 772. The molecule has 1 aromatic rings. The number of amidine groups is 1. The second-order valence-electron chi connectivity index (χ2n) is 5.91. The van der Waals surface area contributed by atoms with E-state index >= 15 is 0 Å². The van der Waals surface area contributed by atoms with Crippen LogP contribution in [0.5, 0.6) is 0 Å². The van der Waals surface area contributed by atoms with Gasteiger partial charge >= 0.3 is 5.97 Å². The topological polar surface area (TPSA) is 76.0 Å². The number of hydrogen-bond donors (Lipinski definition) is 0. The quantitative estimate of drug-likeness (QED) is 0.773. The van der Waals surface area contributed by atoms with Crippen molar-refractivity contribution in [3.05, 3.63) is 23.8 Å². The van der Waals surface area contributed by atoms with Gasteiger partial charge in [0.25, 0.3) is 10.0 Å². The molecule has 0 radical (unpaired) electrons. The van der Waals surface area contributed by atoms with Crippen molar-refractivity contribution in [3.63, 3.8) is 0 Å². The van der Waals surface area contributed by atoms with Crippen LogP contribution in [-0.2, 0) is 14.8 Å². The van der Waals surface area contributed by atoms with Crippen LogP contribution in [0.15, 0.2) is 27.5 Å². The second-order valence-corrected chi connectivity index (χ2v) is 8.68. The van der Waals surface area contributed by atoms with Crippen LogP contribution in [0.4, 0.5) is 5.69 Å². The highest BCUT2D eigenvalue weighted by Crippen LogP contribution is 2.42. The number of sulfonamides is 1. The van der Waals surface area contributed by atoms with Crippen LogP contribution in [0.1, 0.15) is 30.6 Å². The molecule has 3 rings (SSSR count). The van der Waals surface area contributed by atoms with Gasteiger partial charge in [-0.3, -0.25) is 0 Å². The summed E-state index contributed by atoms with van der Waals surface area (Å²) in [6.07, 6.45) is 0.827. The molecule has 0 saturated heterocycles. The fourth-order valence-corrected chi connectivity index (χ4v) is 4.62. The maximum Gasteiger partial charge on any atom is 0.338 e. The first-order valence-corrected chi connectivity index (χ1v) is 9.87. The van der Waals surface area contributed by atoms with E-state index in [9.17, 15) is 13.2 Å². The predicted molar refractivity (Wildman–Crippen MR) is 90.6 cm³/mol. The summed E-state index contributed by atoms with van der Waals surface area (Å²) in [6.45, 7) is 4.94. The van der Waals surface area contributed by atoms with Gasteiger partial charge in [-0.25, -0.2) is 13.2 Å². The molecule has 0 aliphatic carbocycles. The maximum absolute atomic E-state index is 12.1. The van der Waals surface area contributed by atoms with Crippen molar-refractivity contribution < 1.29 is 17.9 Å². The van der Waals surface area contributed by atoms with E-state index in [1.807, 2.05) is 11.0 Å². The van der Waals surface area contributed by atoms with Gasteiger partial charge < -0.3 is 9.64 Å². The Labute approximate surface area is 140 Å². The van der Waals surface area contributed by atoms with Crippen molar-refractivity contribution >= 4 is 38.6 Å². The number of anilines is 1. The molecule has 6 nitrogen and oxygen atoms in total. The first-order valence-electron chi connectivity index (χ1n) is 7.45. The number of carbonyl (C=O) groups is 1. The van der Waals surface area contributed by atoms with Crippen LogP contribution < -0.4 is 4.90 Å². The van der Waals surface area contributed by atoms with Gasteiger partial charge in [-0.15, -0.1) is 4.40 Å². The molecule has 0 N–H and O–H groups in total. The van der Waals surface area contributed by atoms with Crippen molar-refractivity contribution in [2.45, 2.75) is 25.2 Å². The summed E-state index contributed by atoms with van der Waals surface area (Å²) < 4.78 is 32.2. The molecule has 0 saturated carbocycles. The maximum atomic E-state index is 12.1. The molecule has 0 spiro atoms. The third kappa shape index (κ3) is 3.53. The molecule has 0 aromatic heterocycles. The van der Waals surface area contributed by atoms with Crippen LogP contribution in [0.2, 0.25) is 0 Å². The van der Waals surface area contributed by atoms with Gasteiger partial charge in [0.05, 0.1) is 23.6 Å². The minimum atomic E-state index is -3.37. The number of ether oxygens (including phenoxy) is 1. The van der Waals surface area contributed by atoms with E-state index < -0.39 is 10.0 Å². The summed E-state index contributed by atoms with van der Waals surface area (Å²) in [5, 5.41) is 0.455. The number of fused-ring (bicyclic) bond motifs is 3. The number of esters is 1. The predicted octanol–water partition coefficient (Wildman–Crippen LogP) is 2.50. The molecular weight excluding hydrogens is 336 g/mol. The zero-order valence-electron chi connectivity index (χ0n) is 13.0. The number of benzene rings is 1. The number of rotatable bonds is 4. The monoisotopic (exact) mass is 354 g/mol. The lowest BCUT2D eigenvalue weighted by molar-refractivity contribution is 0.0488. The molecule has 8 heteroatoms. The van der Waals surface area contributed by atoms with Crippen LogP contribution in [0, 0.1) is 5.92 Å². The van der Waals surface area contributed by atoms with Crippen molar-refractivity contribution in [2.75, 3.05) is 23.8 Å². The van der Waals surface area contributed by atoms with E-state index in [0.717, 1.165) is 17.0 Å². The standard InChI is InChI=1S/C15H18N2O4S2/c1-10(2)5-7-21-14(18)11-3-4-12-13(9-11)22-15-16-23(19,20)8-6-17(12)15/h3-4,9-10H,5-8H2,1-2H3. The molecule has 0 fully saturated rings. The van der Waals surface area contributed by atoms with Gasteiger partial charge in [0.15, 0.2) is 5.17 Å². The van der Waals surface area contributed by atoms with Crippen molar-refractivity contribution in [3.8, 4) is 0 Å². The highest BCUT2D eigenvalue weighted by Gasteiger charge is 2.33. The normalized spacial score (nSPS) is 18.4. The molecule has 2 heterocycles. The van der Waals surface area contributed by atoms with Gasteiger partial charge in [-0.05, 0) is 42.3 Å². The summed E-state index contributed by atoms with van der Waals surface area (Å²) in [6, 6.07) is 5.27. The Morgan fingerprint density at radius 1 is 1.43 bits per heavy atom. The number of thioether (sulfide) groups is 1. The minimum absolute atomic E-state index is 0.00942. The van der Waals surface area contributed by atoms with Crippen LogP contribution in [0.3, 0.4) is 0 Å². The molecule has 0 unspecified atom stereocenters. The van der Waals surface area contributed by atoms with Crippen LogP contribution >= 0.6 is 11.8 Å². The lowest BCUT2D eigenvalue weighted by Gasteiger charge is -2.22. The van der Waals surface area contributed by atoms with E-state index in [0.29, 0.717) is 29.8 Å². The third-order valence-electron chi connectivity index (χ3n) is 3.64. The van der Waals surface area contributed by atoms with Gasteiger partial charge in [-0.2, -0.15) is 0 Å². The number of nitrogens with zero attached hydrogens (tertiary/aromatic N) is 2. The molecule has 2 aliphatic heterocycles. The minimum Gasteiger partial charge on any atom is -0.462 e. The van der Waals surface area contributed by atoms with E-state index in [4.69, 9.17) is 4.74 Å². The summed E-state index contributed by atoms with van der Waals surface area (Å²) in [7, 11) is -3.37. The van der Waals surface area contributed by atoms with Crippen molar-refractivity contribution in [1.82, 2.24) is 0 Å². The zero-order valence-corrected chi connectivity index (χ0v) is 14.6. The molecule has 124 valence electrons. The Morgan fingerprint density at radius 3 is 2.96 bits per heavy atom. The van der Waals surface area contributed by atoms with Crippen LogP contribution in [-0.4, -0.2) is 38.5 Å². The number of carbonyl (C=O) groups excluding carboxylic acids is 1. The smallest absolute Gasteiger partial charge is 0.338 e. The van der Waals surface area contributed by atoms with Gasteiger partial charge in [0, 0.05) is 11.4 Å². The highest BCUT2D eigenvalue weighted by molar-refractivity contribution is 8.15. The summed E-state index contributed by atoms with van der Waals surface area (Å²) >= 11 is 1.27. The summed E-state index contributed by atoms with van der Waals surface area (Å²) in [4.78, 5) is 14.8. The SMILES string of the molecule is CC(C)CCOC(=O)c1ccc2c(c1)SC1=NS(=O)(=O)CCN12. The Balaban J connectivity index is 1.77. The second kappa shape index (κ2) is 6.16. The summed E-state index contributed by atoms with van der Waals surface area (Å²) in [5.74, 6) is 0.137. The third-order valence-corrected chi connectivity index (χ3v) is 5.94.